The van der Waals surface area contributed by atoms with Crippen molar-refractivity contribution >= 4 is 23.6 Å². The van der Waals surface area contributed by atoms with Crippen LogP contribution in [-0.4, -0.2) is 31.2 Å². The van der Waals surface area contributed by atoms with Crippen molar-refractivity contribution < 1.29 is 13.6 Å². The van der Waals surface area contributed by atoms with E-state index in [9.17, 15) is 13.6 Å². The first-order valence-electron chi connectivity index (χ1n) is 10.8. The number of aromatic nitrogens is 4. The lowest BCUT2D eigenvalue weighted by Gasteiger charge is -2.17. The molecule has 3 heterocycles. The molecule has 3 aromatic heterocycles. The second kappa shape index (κ2) is 10.3. The Kier molecular flexibility index (Phi) is 7.41. The van der Waals surface area contributed by atoms with Gasteiger partial charge in [0.1, 0.15) is 11.2 Å². The van der Waals surface area contributed by atoms with Crippen molar-refractivity contribution in [1.29, 1.82) is 5.26 Å². The highest BCUT2D eigenvalue weighted by molar-refractivity contribution is 5.94. The SMILES string of the molecule is C\C=C(/C=c1/cc(-c2cnn(C(F)F)c2)[nH]/c1=C\CC)c1cccc(C(=O)NC(C)(C)C#N)n1. The van der Waals surface area contributed by atoms with Gasteiger partial charge < -0.3 is 10.3 Å². The minimum absolute atomic E-state index is 0.197. The number of nitrogens with one attached hydrogen (secondary N) is 2. The average molecular weight is 465 g/mol. The van der Waals surface area contributed by atoms with E-state index in [0.29, 0.717) is 21.6 Å². The molecule has 0 unspecified atom stereocenters. The van der Waals surface area contributed by atoms with Gasteiger partial charge in [-0.25, -0.2) is 9.67 Å². The third-order valence-corrected chi connectivity index (χ3v) is 5.01. The van der Waals surface area contributed by atoms with Gasteiger partial charge in [0.2, 0.25) is 0 Å². The molecule has 9 heteroatoms. The van der Waals surface area contributed by atoms with Crippen LogP contribution in [0.3, 0.4) is 0 Å². The summed E-state index contributed by atoms with van der Waals surface area (Å²) in [6.45, 7) is 4.38. The molecule has 0 aliphatic carbocycles. The highest BCUT2D eigenvalue weighted by atomic mass is 19.3. The molecule has 0 bridgehead atoms. The first-order chi connectivity index (χ1) is 16.2. The van der Waals surface area contributed by atoms with Crippen molar-refractivity contribution in [3.8, 4) is 17.3 Å². The zero-order valence-electron chi connectivity index (χ0n) is 19.4. The Morgan fingerprint density at radius 1 is 1.35 bits per heavy atom. The van der Waals surface area contributed by atoms with Gasteiger partial charge in [-0.3, -0.25) is 4.79 Å². The molecule has 34 heavy (non-hydrogen) atoms. The van der Waals surface area contributed by atoms with Gasteiger partial charge in [-0.1, -0.05) is 25.1 Å². The molecular weight excluding hydrogens is 438 g/mol. The van der Waals surface area contributed by atoms with Crippen LogP contribution in [0.2, 0.25) is 0 Å². The normalized spacial score (nSPS) is 13.4. The van der Waals surface area contributed by atoms with Crippen molar-refractivity contribution in [2.24, 2.45) is 0 Å². The molecule has 0 fully saturated rings. The van der Waals surface area contributed by atoms with Gasteiger partial charge in [0.05, 0.1) is 18.0 Å². The van der Waals surface area contributed by atoms with E-state index in [0.717, 1.165) is 22.6 Å². The summed E-state index contributed by atoms with van der Waals surface area (Å²) in [6.07, 6.45) is 9.24. The van der Waals surface area contributed by atoms with E-state index >= 15 is 0 Å². The van der Waals surface area contributed by atoms with Crippen molar-refractivity contribution in [2.75, 3.05) is 0 Å². The Morgan fingerprint density at radius 2 is 2.09 bits per heavy atom. The third kappa shape index (κ3) is 5.64. The van der Waals surface area contributed by atoms with Crippen molar-refractivity contribution in [3.63, 3.8) is 0 Å². The number of aromatic amines is 1. The topological polar surface area (TPSA) is 99.4 Å². The number of carbonyl (C=O) groups is 1. The Bertz CT molecular complexity index is 1370. The molecule has 0 aromatic carbocycles. The van der Waals surface area contributed by atoms with Crippen LogP contribution in [0.5, 0.6) is 0 Å². The molecule has 7 nitrogen and oxygen atoms in total. The molecule has 2 N–H and O–H groups in total. The molecule has 0 aliphatic rings. The molecule has 3 aromatic rings. The molecule has 0 saturated carbocycles. The fraction of sp³-hybridized carbons (Fsp3) is 0.280. The zero-order valence-corrected chi connectivity index (χ0v) is 19.4. The third-order valence-electron chi connectivity index (χ3n) is 5.01. The molecule has 0 spiro atoms. The van der Waals surface area contributed by atoms with E-state index in [-0.39, 0.29) is 5.69 Å². The van der Waals surface area contributed by atoms with Gasteiger partial charge in [0.25, 0.3) is 5.91 Å². The molecule has 0 aliphatic heterocycles. The monoisotopic (exact) mass is 464 g/mol. The maximum absolute atomic E-state index is 12.9. The van der Waals surface area contributed by atoms with Crippen LogP contribution < -0.4 is 15.9 Å². The Morgan fingerprint density at radius 3 is 2.71 bits per heavy atom. The zero-order chi connectivity index (χ0) is 24.9. The van der Waals surface area contributed by atoms with E-state index in [2.05, 4.69) is 20.4 Å². The van der Waals surface area contributed by atoms with Gasteiger partial charge in [0, 0.05) is 28.0 Å². The fourth-order valence-electron chi connectivity index (χ4n) is 3.29. The number of hydrogen-bond donors (Lipinski definition) is 2. The Hall–Kier alpha value is -4.06. The second-order valence-electron chi connectivity index (χ2n) is 8.14. The van der Waals surface area contributed by atoms with E-state index in [1.54, 1.807) is 32.0 Å². The van der Waals surface area contributed by atoms with Gasteiger partial charge in [-0.15, -0.1) is 0 Å². The lowest BCUT2D eigenvalue weighted by molar-refractivity contribution is 0.0566. The van der Waals surface area contributed by atoms with E-state index < -0.39 is 18.0 Å². The average Bonchev–Trinajstić information content (AvgIpc) is 3.45. The summed E-state index contributed by atoms with van der Waals surface area (Å²) in [5, 5.41) is 17.2. The summed E-state index contributed by atoms with van der Waals surface area (Å²) in [7, 11) is 0. The molecule has 0 radical (unpaired) electrons. The van der Waals surface area contributed by atoms with Gasteiger partial charge >= 0.3 is 6.55 Å². The Balaban J connectivity index is 2.01. The maximum atomic E-state index is 12.9. The summed E-state index contributed by atoms with van der Waals surface area (Å²) >= 11 is 0. The minimum Gasteiger partial charge on any atom is -0.355 e. The van der Waals surface area contributed by atoms with Crippen molar-refractivity contribution in [1.82, 2.24) is 25.1 Å². The number of H-pyrrole nitrogens is 1. The van der Waals surface area contributed by atoms with Crippen LogP contribution in [0.25, 0.3) is 29.0 Å². The van der Waals surface area contributed by atoms with Crippen molar-refractivity contribution in [3.05, 3.63) is 64.7 Å². The largest absolute Gasteiger partial charge is 0.355 e. The summed E-state index contributed by atoms with van der Waals surface area (Å²) < 4.78 is 26.5. The van der Waals surface area contributed by atoms with Crippen LogP contribution in [0.4, 0.5) is 8.78 Å². The Labute approximate surface area is 196 Å². The van der Waals surface area contributed by atoms with Crippen molar-refractivity contribution in [2.45, 2.75) is 46.2 Å². The number of carbonyl (C=O) groups excluding carboxylic acids is 1. The standard InChI is InChI=1S/C25H26F2N6O/c1-5-8-19-17(12-22(31-19)18-13-29-33(14-18)24(26)27)11-16(6-2)20-9-7-10-21(30-20)23(34)32-25(3,4)15-28/h6-14,24,31H,5H2,1-4H3,(H,32,34)/b16-6+,17-11-,19-8-. The summed E-state index contributed by atoms with van der Waals surface area (Å²) in [4.78, 5) is 20.3. The minimum atomic E-state index is -2.71. The fourth-order valence-corrected chi connectivity index (χ4v) is 3.29. The van der Waals surface area contributed by atoms with Gasteiger partial charge in [-0.05, 0) is 57.0 Å². The van der Waals surface area contributed by atoms with Gasteiger partial charge in [-0.2, -0.15) is 19.1 Å². The first kappa shape index (κ1) is 24.6. The van der Waals surface area contributed by atoms with E-state index in [4.69, 9.17) is 5.26 Å². The van der Waals surface area contributed by atoms with Gasteiger partial charge in [0.15, 0.2) is 0 Å². The predicted octanol–water partition coefficient (Wildman–Crippen LogP) is 3.77. The molecule has 176 valence electrons. The molecule has 3 rings (SSSR count). The summed E-state index contributed by atoms with van der Waals surface area (Å²) in [5.74, 6) is -0.441. The number of rotatable bonds is 7. The number of nitriles is 1. The van der Waals surface area contributed by atoms with Crippen LogP contribution in [0.1, 0.15) is 56.8 Å². The number of nitrogens with zero attached hydrogens (tertiary/aromatic N) is 4. The molecule has 1 amide bonds. The first-order valence-corrected chi connectivity index (χ1v) is 10.8. The highest BCUT2D eigenvalue weighted by Gasteiger charge is 2.21. The van der Waals surface area contributed by atoms with Crippen LogP contribution >= 0.6 is 0 Å². The van der Waals surface area contributed by atoms with Crippen LogP contribution in [0.15, 0.2) is 42.7 Å². The summed E-state index contributed by atoms with van der Waals surface area (Å²) in [5.41, 5.74) is 1.74. The number of alkyl halides is 2. The van der Waals surface area contributed by atoms with E-state index in [1.807, 2.05) is 44.2 Å². The number of halogens is 2. The maximum Gasteiger partial charge on any atom is 0.333 e. The molecule has 0 saturated heterocycles. The quantitative estimate of drug-likeness (QED) is 0.556. The smallest absolute Gasteiger partial charge is 0.333 e. The molecular formula is C25H26F2N6O. The predicted molar refractivity (Wildman–Crippen MR) is 127 cm³/mol. The number of allylic oxidation sites excluding steroid dienone is 2. The number of hydrogen-bond acceptors (Lipinski definition) is 4. The number of pyridine rings is 1. The lowest BCUT2D eigenvalue weighted by Crippen LogP contribution is -2.42. The molecule has 0 atom stereocenters. The second-order valence-corrected chi connectivity index (χ2v) is 8.14. The highest BCUT2D eigenvalue weighted by Crippen LogP contribution is 2.18. The lowest BCUT2D eigenvalue weighted by atomic mass is 10.1. The summed E-state index contributed by atoms with van der Waals surface area (Å²) in [6, 6.07) is 9.01. The van der Waals surface area contributed by atoms with Crippen LogP contribution in [0, 0.1) is 11.3 Å². The van der Waals surface area contributed by atoms with E-state index in [1.165, 1.54) is 12.4 Å². The van der Waals surface area contributed by atoms with Crippen LogP contribution in [-0.2, 0) is 0 Å². The number of amides is 1.